The lowest BCUT2D eigenvalue weighted by molar-refractivity contribution is 0.0938. The van der Waals surface area contributed by atoms with Crippen molar-refractivity contribution in [3.8, 4) is 5.69 Å². The Morgan fingerprint density at radius 2 is 2.07 bits per heavy atom. The third kappa shape index (κ3) is 3.76. The minimum Gasteiger partial charge on any atom is -0.350 e. The zero-order chi connectivity index (χ0) is 18.8. The van der Waals surface area contributed by atoms with Crippen molar-refractivity contribution < 1.29 is 4.79 Å². The van der Waals surface area contributed by atoms with Crippen LogP contribution in [0.5, 0.6) is 0 Å². The van der Waals surface area contributed by atoms with Gasteiger partial charge in [-0.2, -0.15) is 0 Å². The molecule has 1 aliphatic carbocycles. The Balaban J connectivity index is 1.52. The molecule has 0 atom stereocenters. The van der Waals surface area contributed by atoms with E-state index >= 15 is 0 Å². The maximum Gasteiger partial charge on any atom is 0.273 e. The average Bonchev–Trinajstić information content (AvgIpc) is 3.07. The van der Waals surface area contributed by atoms with E-state index in [0.717, 1.165) is 37.4 Å². The standard InChI is InChI=1S/C21H29N5O/c1-15-20(21(27)22-13-16-7-4-3-5-8-16)23-24-26(15)19-10-6-9-17-14-25(2)12-11-18(17)19/h6,9-10,16H,3-5,7-8,11-14H2,1-2H3,(H,22,27). The fourth-order valence-corrected chi connectivity index (χ4v) is 4.41. The quantitative estimate of drug-likeness (QED) is 0.903. The van der Waals surface area contributed by atoms with Gasteiger partial charge < -0.3 is 10.2 Å². The highest BCUT2D eigenvalue weighted by Gasteiger charge is 2.22. The first-order chi connectivity index (χ1) is 13.1. The van der Waals surface area contributed by atoms with Crippen LogP contribution in [0.1, 0.15) is 59.4 Å². The molecule has 1 amide bonds. The molecule has 2 heterocycles. The third-order valence-corrected chi connectivity index (χ3v) is 6.05. The van der Waals surface area contributed by atoms with Gasteiger partial charge in [0.2, 0.25) is 0 Å². The van der Waals surface area contributed by atoms with E-state index in [1.165, 1.54) is 43.2 Å². The molecule has 0 radical (unpaired) electrons. The van der Waals surface area contributed by atoms with Crippen LogP contribution >= 0.6 is 0 Å². The van der Waals surface area contributed by atoms with Crippen molar-refractivity contribution in [3.05, 3.63) is 40.7 Å². The molecule has 0 saturated heterocycles. The smallest absolute Gasteiger partial charge is 0.273 e. The van der Waals surface area contributed by atoms with Crippen LogP contribution in [0.3, 0.4) is 0 Å². The normalized spacial score (nSPS) is 18.3. The van der Waals surface area contributed by atoms with Gasteiger partial charge in [-0.25, -0.2) is 4.68 Å². The number of fused-ring (bicyclic) bond motifs is 1. The van der Waals surface area contributed by atoms with Gasteiger partial charge in [0, 0.05) is 19.6 Å². The molecule has 2 aliphatic rings. The summed E-state index contributed by atoms with van der Waals surface area (Å²) >= 11 is 0. The average molecular weight is 367 g/mol. The fraction of sp³-hybridized carbons (Fsp3) is 0.571. The fourth-order valence-electron chi connectivity index (χ4n) is 4.41. The number of rotatable bonds is 4. The molecule has 1 N–H and O–H groups in total. The van der Waals surface area contributed by atoms with E-state index in [0.29, 0.717) is 11.6 Å². The number of benzene rings is 1. The maximum absolute atomic E-state index is 12.7. The first-order valence-corrected chi connectivity index (χ1v) is 10.1. The predicted molar refractivity (Wildman–Crippen MR) is 105 cm³/mol. The minimum atomic E-state index is -0.103. The van der Waals surface area contributed by atoms with E-state index in [4.69, 9.17) is 0 Å². The van der Waals surface area contributed by atoms with Crippen molar-refractivity contribution in [2.45, 2.75) is 52.0 Å². The number of nitrogens with zero attached hydrogens (tertiary/aromatic N) is 4. The van der Waals surface area contributed by atoms with Crippen molar-refractivity contribution >= 4 is 5.91 Å². The second-order valence-electron chi connectivity index (χ2n) is 8.05. The Kier molecular flexibility index (Phi) is 5.25. The molecular weight excluding hydrogens is 338 g/mol. The Labute approximate surface area is 160 Å². The SMILES string of the molecule is Cc1c(C(=O)NCC2CCCCC2)nnn1-c1cccc2c1CCN(C)C2. The van der Waals surface area contributed by atoms with Crippen molar-refractivity contribution in [1.82, 2.24) is 25.2 Å². The van der Waals surface area contributed by atoms with Crippen LogP contribution in [0.15, 0.2) is 18.2 Å². The Bertz CT molecular complexity index is 822. The highest BCUT2D eigenvalue weighted by molar-refractivity contribution is 5.93. The van der Waals surface area contributed by atoms with Gasteiger partial charge in [-0.3, -0.25) is 4.79 Å². The van der Waals surface area contributed by atoms with Gasteiger partial charge >= 0.3 is 0 Å². The molecule has 0 bridgehead atoms. The van der Waals surface area contributed by atoms with Gasteiger partial charge in [0.05, 0.1) is 11.4 Å². The molecule has 27 heavy (non-hydrogen) atoms. The van der Waals surface area contributed by atoms with Crippen LogP contribution in [0.2, 0.25) is 0 Å². The van der Waals surface area contributed by atoms with E-state index in [9.17, 15) is 4.79 Å². The molecule has 1 aromatic heterocycles. The summed E-state index contributed by atoms with van der Waals surface area (Å²) in [5.74, 6) is 0.505. The summed E-state index contributed by atoms with van der Waals surface area (Å²) in [6, 6.07) is 6.32. The van der Waals surface area contributed by atoms with Gasteiger partial charge in [0.15, 0.2) is 5.69 Å². The van der Waals surface area contributed by atoms with Crippen LogP contribution in [0, 0.1) is 12.8 Å². The molecule has 1 fully saturated rings. The van der Waals surface area contributed by atoms with E-state index in [1.54, 1.807) is 0 Å². The predicted octanol–water partition coefficient (Wildman–Crippen LogP) is 2.87. The number of nitrogens with one attached hydrogen (secondary N) is 1. The number of hydrogen-bond acceptors (Lipinski definition) is 4. The first-order valence-electron chi connectivity index (χ1n) is 10.1. The van der Waals surface area contributed by atoms with Crippen LogP contribution in [-0.4, -0.2) is 45.9 Å². The topological polar surface area (TPSA) is 63.1 Å². The van der Waals surface area contributed by atoms with E-state index in [1.807, 2.05) is 11.6 Å². The number of amides is 1. The first kappa shape index (κ1) is 18.2. The van der Waals surface area contributed by atoms with Gasteiger partial charge in [0.1, 0.15) is 0 Å². The Morgan fingerprint density at radius 1 is 1.26 bits per heavy atom. The number of hydrogen-bond donors (Lipinski definition) is 1. The summed E-state index contributed by atoms with van der Waals surface area (Å²) < 4.78 is 1.83. The Morgan fingerprint density at radius 3 is 2.89 bits per heavy atom. The van der Waals surface area contributed by atoms with Crippen molar-refractivity contribution in [2.24, 2.45) is 5.92 Å². The minimum absolute atomic E-state index is 0.103. The summed E-state index contributed by atoms with van der Waals surface area (Å²) in [4.78, 5) is 15.0. The van der Waals surface area contributed by atoms with E-state index < -0.39 is 0 Å². The van der Waals surface area contributed by atoms with Crippen LogP contribution < -0.4 is 5.32 Å². The van der Waals surface area contributed by atoms with E-state index in [-0.39, 0.29) is 5.91 Å². The number of aromatic nitrogens is 3. The van der Waals surface area contributed by atoms with Crippen molar-refractivity contribution in [2.75, 3.05) is 20.1 Å². The second-order valence-corrected chi connectivity index (χ2v) is 8.05. The van der Waals surface area contributed by atoms with Gasteiger partial charge in [-0.1, -0.05) is 36.6 Å². The molecule has 2 aromatic rings. The third-order valence-electron chi connectivity index (χ3n) is 6.05. The molecule has 1 saturated carbocycles. The summed E-state index contributed by atoms with van der Waals surface area (Å²) in [7, 11) is 2.14. The number of likely N-dealkylation sites (N-methyl/N-ethyl adjacent to an activating group) is 1. The molecule has 6 heteroatoms. The number of carbonyl (C=O) groups is 1. The van der Waals surface area contributed by atoms with E-state index in [2.05, 4.69) is 45.8 Å². The molecular formula is C21H29N5O. The highest BCUT2D eigenvalue weighted by atomic mass is 16.2. The molecule has 0 unspecified atom stereocenters. The summed E-state index contributed by atoms with van der Waals surface area (Å²) in [5.41, 5.74) is 4.95. The molecule has 1 aromatic carbocycles. The lowest BCUT2D eigenvalue weighted by Gasteiger charge is -2.26. The van der Waals surface area contributed by atoms with Gasteiger partial charge in [-0.15, -0.1) is 5.10 Å². The number of carbonyl (C=O) groups excluding carboxylic acids is 1. The largest absolute Gasteiger partial charge is 0.350 e. The monoisotopic (exact) mass is 367 g/mol. The summed E-state index contributed by atoms with van der Waals surface area (Å²) in [6.45, 7) is 4.67. The van der Waals surface area contributed by atoms with Crippen LogP contribution in [0.4, 0.5) is 0 Å². The molecule has 6 nitrogen and oxygen atoms in total. The Hall–Kier alpha value is -2.21. The molecule has 1 aliphatic heterocycles. The maximum atomic E-state index is 12.7. The van der Waals surface area contributed by atoms with Crippen LogP contribution in [-0.2, 0) is 13.0 Å². The lowest BCUT2D eigenvalue weighted by atomic mass is 9.89. The molecule has 0 spiro atoms. The van der Waals surface area contributed by atoms with Gasteiger partial charge in [0.25, 0.3) is 5.91 Å². The van der Waals surface area contributed by atoms with Crippen molar-refractivity contribution in [3.63, 3.8) is 0 Å². The lowest BCUT2D eigenvalue weighted by Crippen LogP contribution is -2.31. The van der Waals surface area contributed by atoms with Crippen LogP contribution in [0.25, 0.3) is 5.69 Å². The van der Waals surface area contributed by atoms with Gasteiger partial charge in [-0.05, 0) is 56.3 Å². The highest BCUT2D eigenvalue weighted by Crippen LogP contribution is 2.26. The molecule has 4 rings (SSSR count). The molecule has 144 valence electrons. The summed E-state index contributed by atoms with van der Waals surface area (Å²) in [5, 5.41) is 11.6. The summed E-state index contributed by atoms with van der Waals surface area (Å²) in [6.07, 6.45) is 7.32. The zero-order valence-electron chi connectivity index (χ0n) is 16.4. The van der Waals surface area contributed by atoms with Crippen molar-refractivity contribution in [1.29, 1.82) is 0 Å². The zero-order valence-corrected chi connectivity index (χ0v) is 16.4. The second kappa shape index (κ2) is 7.80.